The van der Waals surface area contributed by atoms with Gasteiger partial charge in [-0.25, -0.2) is 4.99 Å². The highest BCUT2D eigenvalue weighted by atomic mass is 16.5. The van der Waals surface area contributed by atoms with Gasteiger partial charge in [0.1, 0.15) is 23.5 Å². The summed E-state index contributed by atoms with van der Waals surface area (Å²) in [5.41, 5.74) is 11.1. The van der Waals surface area contributed by atoms with E-state index in [4.69, 9.17) is 24.9 Å². The molecule has 5 heteroatoms. The largest absolute Gasteiger partial charge is 0.486 e. The monoisotopic (exact) mass is 454 g/mol. The molecule has 2 atom stereocenters. The highest BCUT2D eigenvalue weighted by Gasteiger charge is 2.75. The zero-order valence-corrected chi connectivity index (χ0v) is 19.5. The Labute approximate surface area is 200 Å². The number of nitrogens with two attached hydrogens (primary N) is 1. The molecule has 0 aromatic heterocycles. The Morgan fingerprint density at radius 1 is 1.06 bits per heavy atom. The van der Waals surface area contributed by atoms with Gasteiger partial charge in [-0.05, 0) is 66.0 Å². The van der Waals surface area contributed by atoms with E-state index in [1.165, 1.54) is 28.7 Å². The second kappa shape index (κ2) is 6.98. The van der Waals surface area contributed by atoms with E-state index in [-0.39, 0.29) is 17.0 Å². The van der Waals surface area contributed by atoms with Crippen LogP contribution in [0.2, 0.25) is 0 Å². The van der Waals surface area contributed by atoms with Crippen molar-refractivity contribution < 1.29 is 14.2 Å². The molecule has 174 valence electrons. The molecule has 3 spiro atoms. The molecule has 5 aliphatic rings. The van der Waals surface area contributed by atoms with Gasteiger partial charge in [-0.3, -0.25) is 0 Å². The molecule has 0 amide bonds. The number of fused-ring (bicyclic) bond motifs is 5. The van der Waals surface area contributed by atoms with E-state index < -0.39 is 5.54 Å². The molecular weight excluding hydrogens is 424 g/mol. The summed E-state index contributed by atoms with van der Waals surface area (Å²) in [5, 5.41) is 0. The highest BCUT2D eigenvalue weighted by molar-refractivity contribution is 5.86. The number of allylic oxidation sites excluding steroid dienone is 2. The predicted octanol–water partition coefficient (Wildman–Crippen LogP) is 5.04. The van der Waals surface area contributed by atoms with Gasteiger partial charge in [0.25, 0.3) is 6.02 Å². The van der Waals surface area contributed by atoms with Crippen molar-refractivity contribution in [2.75, 3.05) is 19.8 Å². The van der Waals surface area contributed by atoms with Crippen LogP contribution in [0, 0.1) is 11.3 Å². The quantitative estimate of drug-likeness (QED) is 0.655. The van der Waals surface area contributed by atoms with Gasteiger partial charge >= 0.3 is 0 Å². The van der Waals surface area contributed by atoms with Crippen LogP contribution in [0.4, 0.5) is 0 Å². The lowest BCUT2D eigenvalue weighted by atomic mass is 9.49. The van der Waals surface area contributed by atoms with Crippen molar-refractivity contribution in [2.24, 2.45) is 22.1 Å². The number of hydrogen-bond donors (Lipinski definition) is 1. The second-order valence-electron chi connectivity index (χ2n) is 10.6. The van der Waals surface area contributed by atoms with E-state index in [0.29, 0.717) is 25.7 Å². The average Bonchev–Trinajstić information content (AvgIpc) is 3.16. The van der Waals surface area contributed by atoms with Crippen LogP contribution in [-0.2, 0) is 15.0 Å². The van der Waals surface area contributed by atoms with Gasteiger partial charge in [0.2, 0.25) is 0 Å². The maximum atomic E-state index is 6.84. The fourth-order valence-corrected chi connectivity index (χ4v) is 6.74. The molecule has 1 saturated carbocycles. The first-order valence-electron chi connectivity index (χ1n) is 12.4. The van der Waals surface area contributed by atoms with Crippen LogP contribution in [0.3, 0.4) is 0 Å². The zero-order valence-electron chi connectivity index (χ0n) is 19.5. The molecule has 5 nitrogen and oxygen atoms in total. The van der Waals surface area contributed by atoms with Crippen LogP contribution in [-0.4, -0.2) is 31.4 Å². The van der Waals surface area contributed by atoms with Crippen molar-refractivity contribution in [2.45, 2.75) is 43.7 Å². The molecule has 1 saturated heterocycles. The van der Waals surface area contributed by atoms with Gasteiger partial charge in [-0.15, -0.1) is 0 Å². The van der Waals surface area contributed by atoms with Crippen LogP contribution in [0.5, 0.6) is 5.75 Å². The van der Waals surface area contributed by atoms with Crippen molar-refractivity contribution >= 4 is 17.7 Å². The van der Waals surface area contributed by atoms with E-state index in [0.717, 1.165) is 30.6 Å². The van der Waals surface area contributed by atoms with E-state index in [1.54, 1.807) is 0 Å². The van der Waals surface area contributed by atoms with Gasteiger partial charge in [0.15, 0.2) is 0 Å². The first kappa shape index (κ1) is 20.3. The van der Waals surface area contributed by atoms with E-state index in [2.05, 4.69) is 67.6 Å². The molecule has 3 aliphatic heterocycles. The lowest BCUT2D eigenvalue weighted by Crippen LogP contribution is -2.75. The van der Waals surface area contributed by atoms with E-state index in [1.807, 2.05) is 0 Å². The Kier molecular flexibility index (Phi) is 4.18. The first-order valence-corrected chi connectivity index (χ1v) is 12.4. The third kappa shape index (κ3) is 2.51. The smallest absolute Gasteiger partial charge is 0.283 e. The fourth-order valence-electron chi connectivity index (χ4n) is 6.74. The van der Waals surface area contributed by atoms with Crippen molar-refractivity contribution in [1.82, 2.24) is 0 Å². The Hall–Kier alpha value is -3.05. The van der Waals surface area contributed by atoms with Crippen molar-refractivity contribution in [3.05, 3.63) is 76.9 Å². The lowest BCUT2D eigenvalue weighted by Gasteiger charge is -2.66. The fraction of sp³-hybridized carbons (Fsp3) is 0.414. The third-order valence-corrected chi connectivity index (χ3v) is 8.80. The predicted molar refractivity (Wildman–Crippen MR) is 132 cm³/mol. The summed E-state index contributed by atoms with van der Waals surface area (Å²) in [6.45, 7) is 3.98. The molecule has 2 fully saturated rings. The number of amidine groups is 1. The summed E-state index contributed by atoms with van der Waals surface area (Å²) in [4.78, 5) is 5.03. The molecule has 2 aromatic carbocycles. The number of aliphatic imine (C=N–C) groups is 1. The number of ether oxygens (including phenoxy) is 3. The van der Waals surface area contributed by atoms with Gasteiger partial charge in [0.05, 0.1) is 18.6 Å². The Morgan fingerprint density at radius 2 is 1.91 bits per heavy atom. The molecular formula is C29H30N2O3. The lowest BCUT2D eigenvalue weighted by molar-refractivity contribution is -0.281. The van der Waals surface area contributed by atoms with Crippen molar-refractivity contribution in [3.8, 4) is 5.75 Å². The average molecular weight is 455 g/mol. The molecule has 2 unspecified atom stereocenters. The Balaban J connectivity index is 1.44. The molecule has 7 rings (SSSR count). The summed E-state index contributed by atoms with van der Waals surface area (Å²) in [5.74, 6) is 1.35. The summed E-state index contributed by atoms with van der Waals surface area (Å²) < 4.78 is 18.6. The highest BCUT2D eigenvalue weighted by Crippen LogP contribution is 2.67. The number of rotatable bonds is 1. The maximum absolute atomic E-state index is 6.84. The Bertz CT molecular complexity index is 1270. The van der Waals surface area contributed by atoms with E-state index >= 15 is 0 Å². The third-order valence-electron chi connectivity index (χ3n) is 8.80. The zero-order chi connectivity index (χ0) is 23.0. The summed E-state index contributed by atoms with van der Waals surface area (Å²) in [6.07, 6.45) is 11.2. The van der Waals surface area contributed by atoms with Gasteiger partial charge in [0, 0.05) is 5.56 Å². The standard InChI is InChI=1S/C29H30N2O3/c1-19-6-4-8-20-7-2-3-9-22(20)23(14-19)21-10-11-25-24(15-21)29(18-33-26(30)31-29)27(16-32-17-27)28(34-25)12-5-13-28/h2-4,7-11,14-15,19H,5-6,12-13,16-18H2,1H3,(H2,30,31). The van der Waals surface area contributed by atoms with Gasteiger partial charge in [-0.2, -0.15) is 0 Å². The van der Waals surface area contributed by atoms with Crippen LogP contribution < -0.4 is 10.5 Å². The molecule has 0 radical (unpaired) electrons. The SMILES string of the molecule is CC1C=C(c2ccc3c(c2)C2(COC(N)=N2)C2(COC2)C2(CCC2)O3)c2ccccc2C=CC1. The van der Waals surface area contributed by atoms with Crippen LogP contribution in [0.1, 0.15) is 54.9 Å². The molecule has 0 bridgehead atoms. The molecule has 2 N–H and O–H groups in total. The van der Waals surface area contributed by atoms with Gasteiger partial charge in [-0.1, -0.05) is 55.5 Å². The minimum absolute atomic E-state index is 0.242. The molecule has 3 heterocycles. The van der Waals surface area contributed by atoms with E-state index in [9.17, 15) is 0 Å². The first-order chi connectivity index (χ1) is 16.6. The van der Waals surface area contributed by atoms with Crippen LogP contribution >= 0.6 is 0 Å². The summed E-state index contributed by atoms with van der Waals surface area (Å²) in [7, 11) is 0. The minimum Gasteiger partial charge on any atom is -0.486 e. The van der Waals surface area contributed by atoms with Crippen molar-refractivity contribution in [3.63, 3.8) is 0 Å². The number of benzene rings is 2. The molecule has 34 heavy (non-hydrogen) atoms. The van der Waals surface area contributed by atoms with Crippen molar-refractivity contribution in [1.29, 1.82) is 0 Å². The maximum Gasteiger partial charge on any atom is 0.283 e. The number of hydrogen-bond acceptors (Lipinski definition) is 5. The summed E-state index contributed by atoms with van der Waals surface area (Å²) in [6, 6.07) is 15.5. The number of nitrogens with zero attached hydrogens (tertiary/aromatic N) is 1. The topological polar surface area (TPSA) is 66.1 Å². The molecule has 2 aromatic rings. The van der Waals surface area contributed by atoms with Crippen LogP contribution in [0.15, 0.2) is 59.6 Å². The van der Waals surface area contributed by atoms with Gasteiger partial charge < -0.3 is 19.9 Å². The minimum atomic E-state index is -0.577. The second-order valence-corrected chi connectivity index (χ2v) is 10.6. The normalized spacial score (nSPS) is 29.5. The molecule has 2 aliphatic carbocycles. The Morgan fingerprint density at radius 3 is 2.62 bits per heavy atom. The van der Waals surface area contributed by atoms with Crippen LogP contribution in [0.25, 0.3) is 11.6 Å². The summed E-state index contributed by atoms with van der Waals surface area (Å²) >= 11 is 0.